The van der Waals surface area contributed by atoms with Crippen molar-refractivity contribution >= 4 is 17.6 Å². The average molecular weight is 619 g/mol. The molecule has 0 saturated heterocycles. The third kappa shape index (κ3) is 24.2. The van der Waals surface area contributed by atoms with Gasteiger partial charge in [-0.1, -0.05) is 109 Å². The molecule has 1 atom stereocenters. The number of quaternary nitrogens is 1. The summed E-state index contributed by atoms with van der Waals surface area (Å²) in [6.45, 7) is 14.5. The van der Waals surface area contributed by atoms with E-state index in [0.717, 1.165) is 5.56 Å². The van der Waals surface area contributed by atoms with Crippen LogP contribution in [0.4, 0.5) is 0 Å². The first kappa shape index (κ1) is 42.2. The topological polar surface area (TPSA) is 46.5 Å². The van der Waals surface area contributed by atoms with E-state index in [1.807, 2.05) is 6.92 Å². The summed E-state index contributed by atoms with van der Waals surface area (Å²) in [6, 6.07) is 5.06. The van der Waals surface area contributed by atoms with Gasteiger partial charge in [0.15, 0.2) is 6.10 Å². The highest BCUT2D eigenvalue weighted by Crippen LogP contribution is 2.23. The van der Waals surface area contributed by atoms with Crippen LogP contribution >= 0.6 is 11.6 Å². The second-order valence-corrected chi connectivity index (χ2v) is 12.5. The second-order valence-electron chi connectivity index (χ2n) is 12.1. The average Bonchev–Trinajstić information content (AvgIpc) is 2.92. The number of benzene rings is 1. The monoisotopic (exact) mass is 617 g/mol. The van der Waals surface area contributed by atoms with Crippen molar-refractivity contribution in [1.29, 1.82) is 0 Å². The molecule has 6 heteroatoms. The van der Waals surface area contributed by atoms with Gasteiger partial charge in [-0.15, -0.1) is 0 Å². The van der Waals surface area contributed by atoms with Crippen molar-refractivity contribution in [1.82, 2.24) is 0 Å². The molecule has 0 aliphatic carbocycles. The molecule has 41 heavy (non-hydrogen) atoms. The lowest BCUT2D eigenvalue weighted by Crippen LogP contribution is -3.00. The van der Waals surface area contributed by atoms with E-state index in [0.29, 0.717) is 10.8 Å². The molecule has 0 aliphatic heterocycles. The number of rotatable bonds is 24. The van der Waals surface area contributed by atoms with E-state index in [-0.39, 0.29) is 12.4 Å². The fourth-order valence-electron chi connectivity index (χ4n) is 5.14. The van der Waals surface area contributed by atoms with Gasteiger partial charge in [-0.05, 0) is 76.1 Å². The quantitative estimate of drug-likeness (QED) is 0.0943. The van der Waals surface area contributed by atoms with E-state index in [9.17, 15) is 4.79 Å². The molecule has 0 fully saturated rings. The summed E-state index contributed by atoms with van der Waals surface area (Å²) in [5.41, 5.74) is 0.825. The van der Waals surface area contributed by atoms with Crippen LogP contribution in [-0.2, 0) is 4.79 Å². The summed E-state index contributed by atoms with van der Waals surface area (Å²) < 4.78 is 6.56. The molecule has 1 unspecified atom stereocenters. The maximum absolute atomic E-state index is 10.5. The molecule has 1 aromatic rings. The van der Waals surface area contributed by atoms with Gasteiger partial charge in [-0.25, -0.2) is 4.79 Å². The Morgan fingerprint density at radius 2 is 1.12 bits per heavy atom. The maximum atomic E-state index is 10.5. The molecule has 1 aromatic carbocycles. The first-order chi connectivity index (χ1) is 19.2. The molecule has 0 heterocycles. The normalized spacial score (nSPS) is 11.8. The Morgan fingerprint density at radius 3 is 1.46 bits per heavy atom. The van der Waals surface area contributed by atoms with Crippen molar-refractivity contribution in [3.05, 3.63) is 28.8 Å². The highest BCUT2D eigenvalue weighted by molar-refractivity contribution is 6.30. The Hall–Kier alpha value is -0.970. The number of hydrogen-bond acceptors (Lipinski definition) is 2. The standard InChI is InChI=1S/C25H54N.C10H11ClO3.ClH/c1-5-8-11-14-17-20-23-26(4,24-21-18-15-12-9-6-2)25-22-19-16-13-10-7-3;1-6-5-8(11)3-4-9(6)14-7(2)10(12)13;/h5-25H2,1-4H3;3-5,7H,1-2H3,(H,12,13);1H/q+1;;/p-1. The van der Waals surface area contributed by atoms with Gasteiger partial charge in [-0.3, -0.25) is 0 Å². The summed E-state index contributed by atoms with van der Waals surface area (Å²) in [6.07, 6.45) is 25.0. The molecule has 0 bridgehead atoms. The Bertz CT molecular complexity index is 703. The van der Waals surface area contributed by atoms with Crippen LogP contribution in [0.5, 0.6) is 5.75 Å². The highest BCUT2D eigenvalue weighted by atomic mass is 35.5. The predicted molar refractivity (Wildman–Crippen MR) is 175 cm³/mol. The van der Waals surface area contributed by atoms with Crippen molar-refractivity contribution in [2.75, 3.05) is 26.7 Å². The zero-order valence-electron chi connectivity index (χ0n) is 27.6. The van der Waals surface area contributed by atoms with Gasteiger partial charge in [0, 0.05) is 5.02 Å². The van der Waals surface area contributed by atoms with Gasteiger partial charge in [0.2, 0.25) is 0 Å². The maximum Gasteiger partial charge on any atom is 0.344 e. The third-order valence-corrected chi connectivity index (χ3v) is 8.18. The number of aliphatic carboxylic acids is 1. The number of ether oxygens (including phenoxy) is 1. The molecule has 0 aromatic heterocycles. The van der Waals surface area contributed by atoms with Crippen molar-refractivity contribution in [3.8, 4) is 5.75 Å². The van der Waals surface area contributed by atoms with E-state index in [1.165, 1.54) is 147 Å². The largest absolute Gasteiger partial charge is 1.00 e. The first-order valence-corrected chi connectivity index (χ1v) is 17.1. The van der Waals surface area contributed by atoms with Gasteiger partial charge in [0.05, 0.1) is 26.7 Å². The highest BCUT2D eigenvalue weighted by Gasteiger charge is 2.20. The molecular formula is C35H65Cl2NO3. The molecule has 0 aliphatic rings. The fourth-order valence-corrected chi connectivity index (χ4v) is 5.37. The molecule has 0 spiro atoms. The van der Waals surface area contributed by atoms with Gasteiger partial charge >= 0.3 is 5.97 Å². The molecular weight excluding hydrogens is 553 g/mol. The van der Waals surface area contributed by atoms with E-state index in [1.54, 1.807) is 18.2 Å². The minimum Gasteiger partial charge on any atom is -1.00 e. The molecule has 0 saturated carbocycles. The summed E-state index contributed by atoms with van der Waals surface area (Å²) in [4.78, 5) is 10.5. The minimum atomic E-state index is -0.987. The van der Waals surface area contributed by atoms with E-state index in [4.69, 9.17) is 21.4 Å². The Morgan fingerprint density at radius 1 is 0.756 bits per heavy atom. The summed E-state index contributed by atoms with van der Waals surface area (Å²) >= 11 is 5.74. The summed E-state index contributed by atoms with van der Waals surface area (Å²) in [5.74, 6) is -0.441. The number of nitrogens with zero attached hydrogens (tertiary/aromatic N) is 1. The number of carboxylic acid groups (broad SMARTS) is 1. The number of hydrogen-bond donors (Lipinski definition) is 1. The lowest BCUT2D eigenvalue weighted by Gasteiger charge is -2.35. The van der Waals surface area contributed by atoms with Gasteiger partial charge in [-0.2, -0.15) is 0 Å². The summed E-state index contributed by atoms with van der Waals surface area (Å²) in [7, 11) is 2.56. The van der Waals surface area contributed by atoms with Crippen LogP contribution in [-0.4, -0.2) is 48.3 Å². The second kappa shape index (κ2) is 27.8. The van der Waals surface area contributed by atoms with Crippen molar-refractivity contribution < 1.29 is 31.5 Å². The van der Waals surface area contributed by atoms with E-state index >= 15 is 0 Å². The predicted octanol–water partition coefficient (Wildman–Crippen LogP) is 8.02. The smallest absolute Gasteiger partial charge is 0.344 e. The molecule has 0 radical (unpaired) electrons. The zero-order chi connectivity index (χ0) is 30.1. The van der Waals surface area contributed by atoms with Crippen LogP contribution < -0.4 is 17.1 Å². The SMILES string of the molecule is CCCCCCCC[N+](C)(CCCCCCCC)CCCCCCCC.Cc1cc(Cl)ccc1OC(C)C(=O)O.[Cl-]. The van der Waals surface area contributed by atoms with Crippen LogP contribution in [0.3, 0.4) is 0 Å². The van der Waals surface area contributed by atoms with E-state index in [2.05, 4.69) is 27.8 Å². The van der Waals surface area contributed by atoms with Crippen molar-refractivity contribution in [2.24, 2.45) is 0 Å². The number of aryl methyl sites for hydroxylation is 1. The fraction of sp³-hybridized carbons (Fsp3) is 0.800. The Labute approximate surface area is 266 Å². The van der Waals surface area contributed by atoms with Crippen LogP contribution in [0, 0.1) is 6.92 Å². The Kier molecular flexibility index (Phi) is 28.6. The van der Waals surface area contributed by atoms with Gasteiger partial charge in [0.25, 0.3) is 0 Å². The number of carboxylic acids is 1. The van der Waals surface area contributed by atoms with Crippen molar-refractivity contribution in [2.45, 2.75) is 156 Å². The zero-order valence-corrected chi connectivity index (χ0v) is 29.1. The van der Waals surface area contributed by atoms with Crippen LogP contribution in [0.2, 0.25) is 5.02 Å². The van der Waals surface area contributed by atoms with Crippen LogP contribution in [0.15, 0.2) is 18.2 Å². The number of unbranched alkanes of at least 4 members (excludes halogenated alkanes) is 15. The lowest BCUT2D eigenvalue weighted by atomic mass is 10.1. The molecule has 1 N–H and O–H groups in total. The van der Waals surface area contributed by atoms with Crippen molar-refractivity contribution in [3.63, 3.8) is 0 Å². The molecule has 242 valence electrons. The van der Waals surface area contributed by atoms with Gasteiger partial charge in [0.1, 0.15) is 5.75 Å². The lowest BCUT2D eigenvalue weighted by molar-refractivity contribution is -0.910. The Balaban J connectivity index is 0. The molecule has 1 rings (SSSR count). The first-order valence-electron chi connectivity index (χ1n) is 16.7. The van der Waals surface area contributed by atoms with Gasteiger partial charge < -0.3 is 26.7 Å². The third-order valence-electron chi connectivity index (χ3n) is 7.94. The number of halogens is 2. The minimum absolute atomic E-state index is 0. The van der Waals surface area contributed by atoms with Crippen LogP contribution in [0.25, 0.3) is 0 Å². The van der Waals surface area contributed by atoms with Crippen LogP contribution in [0.1, 0.15) is 149 Å². The summed E-state index contributed by atoms with van der Waals surface area (Å²) in [5, 5.41) is 9.25. The molecule has 4 nitrogen and oxygen atoms in total. The molecule has 0 amide bonds. The number of carbonyl (C=O) groups is 1. The van der Waals surface area contributed by atoms with E-state index < -0.39 is 12.1 Å².